The third-order valence-corrected chi connectivity index (χ3v) is 4.33. The van der Waals surface area contributed by atoms with Crippen LogP contribution < -0.4 is 10.9 Å². The molecule has 0 aliphatic heterocycles. The molecule has 0 atom stereocenters. The topological polar surface area (TPSA) is 90.3 Å². The number of rotatable bonds is 10. The van der Waals surface area contributed by atoms with Crippen LogP contribution in [0, 0.1) is 5.92 Å². The molecule has 0 unspecified atom stereocenters. The highest BCUT2D eigenvalue weighted by Gasteiger charge is 2.19. The summed E-state index contributed by atoms with van der Waals surface area (Å²) >= 11 is 0. The normalized spacial score (nSPS) is 11.0. The van der Waals surface area contributed by atoms with E-state index in [9.17, 15) is 14.4 Å². The minimum atomic E-state index is -0.710. The van der Waals surface area contributed by atoms with E-state index in [0.717, 1.165) is 25.7 Å². The van der Waals surface area contributed by atoms with Crippen molar-refractivity contribution in [3.05, 3.63) is 40.3 Å². The van der Waals surface area contributed by atoms with E-state index in [-0.39, 0.29) is 23.8 Å². The van der Waals surface area contributed by atoms with E-state index in [0.29, 0.717) is 29.8 Å². The van der Waals surface area contributed by atoms with Crippen LogP contribution in [-0.2, 0) is 16.1 Å². The first-order chi connectivity index (χ1) is 13.4. The molecule has 0 fully saturated rings. The molecule has 1 heterocycles. The highest BCUT2D eigenvalue weighted by Crippen LogP contribution is 2.14. The van der Waals surface area contributed by atoms with Gasteiger partial charge in [0.1, 0.15) is 0 Å². The zero-order chi connectivity index (χ0) is 20.5. The molecule has 0 radical (unpaired) electrons. The van der Waals surface area contributed by atoms with E-state index < -0.39 is 5.97 Å². The third-order valence-electron chi connectivity index (χ3n) is 4.33. The van der Waals surface area contributed by atoms with Crippen molar-refractivity contribution < 1.29 is 14.3 Å². The lowest BCUT2D eigenvalue weighted by Crippen LogP contribution is -2.32. The Kier molecular flexibility index (Phi) is 8.17. The number of carbonyl (C=O) groups is 2. The summed E-state index contributed by atoms with van der Waals surface area (Å²) in [7, 11) is 0. The molecule has 1 aromatic heterocycles. The Balaban J connectivity index is 2.19. The standard InChI is InChI=1S/C21H29N3O4/c1-4-5-6-9-12-24-20(26)17-11-8-7-10-16(17)19(23-24)21(27)28-14-18(25)22-13-15(2)3/h7-8,10-11,15H,4-6,9,12-14H2,1-3H3,(H,22,25). The van der Waals surface area contributed by atoms with E-state index in [2.05, 4.69) is 17.3 Å². The summed E-state index contributed by atoms with van der Waals surface area (Å²) in [5.41, 5.74) is -0.166. The van der Waals surface area contributed by atoms with Gasteiger partial charge in [0, 0.05) is 18.5 Å². The number of unbranched alkanes of at least 4 members (excludes halogenated alkanes) is 3. The monoisotopic (exact) mass is 387 g/mol. The summed E-state index contributed by atoms with van der Waals surface area (Å²) in [4.78, 5) is 37.0. The number of amides is 1. The van der Waals surface area contributed by atoms with Crippen molar-refractivity contribution in [3.8, 4) is 0 Å². The lowest BCUT2D eigenvalue weighted by molar-refractivity contribution is -0.124. The second kappa shape index (κ2) is 10.6. The Morgan fingerprint density at radius 1 is 1.14 bits per heavy atom. The molecule has 28 heavy (non-hydrogen) atoms. The Bertz CT molecular complexity index is 874. The van der Waals surface area contributed by atoms with Crippen molar-refractivity contribution in [2.45, 2.75) is 53.0 Å². The quantitative estimate of drug-likeness (QED) is 0.500. The van der Waals surface area contributed by atoms with Gasteiger partial charge in [-0.2, -0.15) is 5.10 Å². The minimum Gasteiger partial charge on any atom is -0.451 e. The second-order valence-electron chi connectivity index (χ2n) is 7.26. The van der Waals surface area contributed by atoms with Crippen LogP contribution in [-0.4, -0.2) is 34.8 Å². The molecule has 2 rings (SSSR count). The Morgan fingerprint density at radius 2 is 1.86 bits per heavy atom. The molecule has 0 spiro atoms. The lowest BCUT2D eigenvalue weighted by atomic mass is 10.1. The van der Waals surface area contributed by atoms with E-state index >= 15 is 0 Å². The smallest absolute Gasteiger partial charge is 0.359 e. The molecular formula is C21H29N3O4. The van der Waals surface area contributed by atoms with Crippen molar-refractivity contribution >= 4 is 22.6 Å². The number of aryl methyl sites for hydroxylation is 1. The van der Waals surface area contributed by atoms with Crippen LogP contribution >= 0.6 is 0 Å². The van der Waals surface area contributed by atoms with Crippen LogP contribution in [0.25, 0.3) is 10.8 Å². The molecule has 1 amide bonds. The average molecular weight is 387 g/mol. The number of nitrogens with zero attached hydrogens (tertiary/aromatic N) is 2. The molecule has 7 nitrogen and oxygen atoms in total. The van der Waals surface area contributed by atoms with Crippen molar-refractivity contribution in [1.82, 2.24) is 15.1 Å². The van der Waals surface area contributed by atoms with Gasteiger partial charge in [0.25, 0.3) is 11.5 Å². The largest absolute Gasteiger partial charge is 0.451 e. The number of aromatic nitrogens is 2. The van der Waals surface area contributed by atoms with Crippen molar-refractivity contribution in [1.29, 1.82) is 0 Å². The van der Waals surface area contributed by atoms with E-state index in [1.807, 2.05) is 13.8 Å². The third kappa shape index (κ3) is 5.90. The van der Waals surface area contributed by atoms with Gasteiger partial charge in [-0.15, -0.1) is 0 Å². The summed E-state index contributed by atoms with van der Waals surface area (Å²) in [6, 6.07) is 6.83. The lowest BCUT2D eigenvalue weighted by Gasteiger charge is -2.11. The maximum absolute atomic E-state index is 12.7. The van der Waals surface area contributed by atoms with Crippen LogP contribution in [0.1, 0.15) is 56.9 Å². The molecule has 0 aliphatic carbocycles. The fourth-order valence-electron chi connectivity index (χ4n) is 2.79. The fourth-order valence-corrected chi connectivity index (χ4v) is 2.79. The van der Waals surface area contributed by atoms with Crippen LogP contribution in [0.2, 0.25) is 0 Å². The highest BCUT2D eigenvalue weighted by atomic mass is 16.5. The molecule has 1 N–H and O–H groups in total. The molecule has 0 saturated carbocycles. The molecule has 1 aromatic carbocycles. The second-order valence-corrected chi connectivity index (χ2v) is 7.26. The van der Waals surface area contributed by atoms with E-state index in [1.165, 1.54) is 4.68 Å². The van der Waals surface area contributed by atoms with Gasteiger partial charge in [0.05, 0.1) is 5.39 Å². The Morgan fingerprint density at radius 3 is 2.54 bits per heavy atom. The molecule has 7 heteroatoms. The zero-order valence-corrected chi connectivity index (χ0v) is 16.9. The van der Waals surface area contributed by atoms with Gasteiger partial charge >= 0.3 is 5.97 Å². The van der Waals surface area contributed by atoms with Crippen LogP contribution in [0.3, 0.4) is 0 Å². The Hall–Kier alpha value is -2.70. The minimum absolute atomic E-state index is 0.0577. The van der Waals surface area contributed by atoms with E-state index in [4.69, 9.17) is 4.74 Å². The number of ether oxygens (including phenoxy) is 1. The van der Waals surface area contributed by atoms with Crippen LogP contribution in [0.4, 0.5) is 0 Å². The summed E-state index contributed by atoms with van der Waals surface area (Å²) in [6.45, 7) is 6.65. The predicted molar refractivity (Wildman–Crippen MR) is 108 cm³/mol. The molecular weight excluding hydrogens is 358 g/mol. The number of esters is 1. The predicted octanol–water partition coefficient (Wildman–Crippen LogP) is 2.91. The molecule has 0 bridgehead atoms. The SMILES string of the molecule is CCCCCCn1nc(C(=O)OCC(=O)NCC(C)C)c2ccccc2c1=O. The van der Waals surface area contributed by atoms with E-state index in [1.54, 1.807) is 24.3 Å². The summed E-state index contributed by atoms with van der Waals surface area (Å²) in [5.74, 6) is -0.765. The number of benzene rings is 1. The maximum atomic E-state index is 12.7. The number of fused-ring (bicyclic) bond motifs is 1. The van der Waals surface area contributed by atoms with Gasteiger partial charge < -0.3 is 10.1 Å². The van der Waals surface area contributed by atoms with Gasteiger partial charge in [-0.25, -0.2) is 9.48 Å². The summed E-state index contributed by atoms with van der Waals surface area (Å²) in [6.07, 6.45) is 3.98. The number of hydrogen-bond donors (Lipinski definition) is 1. The number of carbonyl (C=O) groups excluding carboxylic acids is 2. The van der Waals surface area contributed by atoms with Gasteiger partial charge in [-0.3, -0.25) is 9.59 Å². The van der Waals surface area contributed by atoms with Crippen molar-refractivity contribution in [2.24, 2.45) is 5.92 Å². The maximum Gasteiger partial charge on any atom is 0.359 e. The summed E-state index contributed by atoms with van der Waals surface area (Å²) in [5, 5.41) is 7.80. The van der Waals surface area contributed by atoms with Crippen molar-refractivity contribution in [3.63, 3.8) is 0 Å². The first-order valence-corrected chi connectivity index (χ1v) is 9.87. The van der Waals surface area contributed by atoms with Gasteiger partial charge in [0.15, 0.2) is 12.3 Å². The van der Waals surface area contributed by atoms with Gasteiger partial charge in [-0.1, -0.05) is 58.2 Å². The van der Waals surface area contributed by atoms with Gasteiger partial charge in [-0.05, 0) is 18.4 Å². The molecule has 2 aromatic rings. The molecule has 152 valence electrons. The molecule has 0 saturated heterocycles. The molecule has 0 aliphatic rings. The highest BCUT2D eigenvalue weighted by molar-refractivity contribution is 6.02. The summed E-state index contributed by atoms with van der Waals surface area (Å²) < 4.78 is 6.47. The van der Waals surface area contributed by atoms with Crippen LogP contribution in [0.5, 0.6) is 0 Å². The average Bonchev–Trinajstić information content (AvgIpc) is 2.69. The first-order valence-electron chi connectivity index (χ1n) is 9.87. The number of hydrogen-bond acceptors (Lipinski definition) is 5. The van der Waals surface area contributed by atoms with Crippen molar-refractivity contribution in [2.75, 3.05) is 13.2 Å². The fraction of sp³-hybridized carbons (Fsp3) is 0.524. The first kappa shape index (κ1) is 21.6. The van der Waals surface area contributed by atoms with Gasteiger partial charge in [0.2, 0.25) is 0 Å². The zero-order valence-electron chi connectivity index (χ0n) is 16.9. The number of nitrogens with one attached hydrogen (secondary N) is 1. The Labute approximate surface area is 165 Å². The van der Waals surface area contributed by atoms with Crippen LogP contribution in [0.15, 0.2) is 29.1 Å².